The summed E-state index contributed by atoms with van der Waals surface area (Å²) < 4.78 is 43.5. The molecule has 0 aliphatic rings. The highest BCUT2D eigenvalue weighted by Gasteiger charge is 2.29. The Labute approximate surface area is 173 Å². The minimum atomic E-state index is -4.44. The number of anilines is 1. The molecule has 2 N–H and O–H groups in total. The van der Waals surface area contributed by atoms with Gasteiger partial charge in [-0.15, -0.1) is 0 Å². The van der Waals surface area contributed by atoms with Crippen LogP contribution in [0.3, 0.4) is 0 Å². The predicted molar refractivity (Wildman–Crippen MR) is 106 cm³/mol. The molecule has 0 saturated heterocycles. The van der Waals surface area contributed by atoms with Gasteiger partial charge in [0.15, 0.2) is 0 Å². The quantitative estimate of drug-likeness (QED) is 0.465. The number of alkyl halides is 3. The lowest BCUT2D eigenvalue weighted by Crippen LogP contribution is -2.20. The molecule has 0 unspecified atom stereocenters. The van der Waals surface area contributed by atoms with E-state index in [1.54, 1.807) is 18.2 Å². The number of amides is 2. The molecule has 6 nitrogen and oxygen atoms in total. The molecular weight excluding hydrogens is 455 g/mol. The molecule has 2 aromatic rings. The van der Waals surface area contributed by atoms with Gasteiger partial charge in [0.2, 0.25) is 11.8 Å². The average molecular weight is 472 g/mol. The van der Waals surface area contributed by atoms with Crippen LogP contribution in [0, 0.1) is 0 Å². The normalized spacial score (nSPS) is 11.3. The van der Waals surface area contributed by atoms with E-state index in [2.05, 4.69) is 31.8 Å². The number of halogens is 4. The molecule has 154 valence electrons. The van der Waals surface area contributed by atoms with Gasteiger partial charge < -0.3 is 10.1 Å². The van der Waals surface area contributed by atoms with Crippen LogP contribution < -0.4 is 15.5 Å². The molecule has 2 aromatic carbocycles. The van der Waals surface area contributed by atoms with E-state index in [-0.39, 0.29) is 18.5 Å². The van der Waals surface area contributed by atoms with Gasteiger partial charge in [-0.1, -0.05) is 15.9 Å². The van der Waals surface area contributed by atoms with Crippen molar-refractivity contribution in [2.75, 3.05) is 12.4 Å². The van der Waals surface area contributed by atoms with Crippen molar-refractivity contribution in [2.24, 2.45) is 5.10 Å². The van der Waals surface area contributed by atoms with Gasteiger partial charge in [0.05, 0.1) is 18.9 Å². The van der Waals surface area contributed by atoms with Gasteiger partial charge in [-0.05, 0) is 42.5 Å². The van der Waals surface area contributed by atoms with E-state index >= 15 is 0 Å². The number of hydrogen-bond donors (Lipinski definition) is 2. The average Bonchev–Trinajstić information content (AvgIpc) is 2.66. The first-order valence-corrected chi connectivity index (χ1v) is 9.11. The monoisotopic (exact) mass is 471 g/mol. The van der Waals surface area contributed by atoms with E-state index in [9.17, 15) is 22.8 Å². The lowest BCUT2D eigenvalue weighted by Gasteiger charge is -2.08. The first kappa shape index (κ1) is 22.4. The largest absolute Gasteiger partial charge is 0.496 e. The minimum Gasteiger partial charge on any atom is -0.496 e. The number of carbonyl (C=O) groups is 2. The van der Waals surface area contributed by atoms with Crippen LogP contribution in [0.1, 0.15) is 24.0 Å². The van der Waals surface area contributed by atoms with E-state index in [1.165, 1.54) is 13.3 Å². The molecule has 0 heterocycles. The van der Waals surface area contributed by atoms with Crippen LogP contribution in [0.5, 0.6) is 5.75 Å². The van der Waals surface area contributed by atoms with Crippen LogP contribution >= 0.6 is 15.9 Å². The number of rotatable bonds is 7. The third-order valence-corrected chi connectivity index (χ3v) is 4.15. The predicted octanol–water partition coefficient (Wildman–Crippen LogP) is 4.35. The Morgan fingerprint density at radius 3 is 2.38 bits per heavy atom. The highest BCUT2D eigenvalue weighted by molar-refractivity contribution is 9.10. The maximum atomic E-state index is 12.5. The molecule has 0 bridgehead atoms. The van der Waals surface area contributed by atoms with Gasteiger partial charge in [0, 0.05) is 28.6 Å². The molecule has 29 heavy (non-hydrogen) atoms. The van der Waals surface area contributed by atoms with Crippen molar-refractivity contribution in [3.05, 3.63) is 58.1 Å². The van der Waals surface area contributed by atoms with E-state index in [0.29, 0.717) is 11.3 Å². The third-order valence-electron chi connectivity index (χ3n) is 3.66. The minimum absolute atomic E-state index is 0.139. The van der Waals surface area contributed by atoms with Crippen LogP contribution in [0.4, 0.5) is 18.9 Å². The summed E-state index contributed by atoms with van der Waals surface area (Å²) in [6, 6.07) is 9.32. The number of hydrazone groups is 1. The summed E-state index contributed by atoms with van der Waals surface area (Å²) in [7, 11) is 1.51. The zero-order chi connectivity index (χ0) is 21.4. The number of nitrogens with zero attached hydrogens (tertiary/aromatic N) is 1. The number of hydrogen-bond acceptors (Lipinski definition) is 4. The number of ether oxygens (including phenoxy) is 1. The molecule has 0 radical (unpaired) electrons. The molecule has 0 fully saturated rings. The molecule has 0 aliphatic carbocycles. The lowest BCUT2D eigenvalue weighted by molar-refractivity contribution is -0.137. The molecule has 0 saturated carbocycles. The van der Waals surface area contributed by atoms with E-state index in [1.807, 2.05) is 0 Å². The van der Waals surface area contributed by atoms with Gasteiger partial charge in [0.1, 0.15) is 5.75 Å². The van der Waals surface area contributed by atoms with Gasteiger partial charge in [-0.3, -0.25) is 9.59 Å². The Kier molecular flexibility index (Phi) is 7.77. The molecular formula is C19H17BrF3N3O3. The molecule has 0 atom stereocenters. The zero-order valence-electron chi connectivity index (χ0n) is 15.2. The highest BCUT2D eigenvalue weighted by atomic mass is 79.9. The fourth-order valence-electron chi connectivity index (χ4n) is 2.23. The lowest BCUT2D eigenvalue weighted by atomic mass is 10.2. The van der Waals surface area contributed by atoms with Crippen LogP contribution in [0.25, 0.3) is 0 Å². The first-order chi connectivity index (χ1) is 13.7. The van der Waals surface area contributed by atoms with E-state index in [4.69, 9.17) is 4.74 Å². The van der Waals surface area contributed by atoms with E-state index in [0.717, 1.165) is 28.7 Å². The van der Waals surface area contributed by atoms with Crippen molar-refractivity contribution in [2.45, 2.75) is 19.0 Å². The number of nitrogens with one attached hydrogen (secondary N) is 2. The van der Waals surface area contributed by atoms with Crippen LogP contribution in [0.2, 0.25) is 0 Å². The maximum absolute atomic E-state index is 12.5. The Morgan fingerprint density at radius 1 is 1.10 bits per heavy atom. The summed E-state index contributed by atoms with van der Waals surface area (Å²) in [6.45, 7) is 0. The number of methoxy groups -OCH3 is 1. The molecule has 0 aliphatic heterocycles. The van der Waals surface area contributed by atoms with Crippen LogP contribution in [0.15, 0.2) is 52.0 Å². The van der Waals surface area contributed by atoms with Gasteiger partial charge in [0.25, 0.3) is 0 Å². The van der Waals surface area contributed by atoms with Crippen molar-refractivity contribution < 1.29 is 27.5 Å². The Bertz CT molecular complexity index is 900. The molecule has 0 spiro atoms. The summed E-state index contributed by atoms with van der Waals surface area (Å²) in [5.41, 5.74) is 2.34. The van der Waals surface area contributed by atoms with Crippen molar-refractivity contribution in [3.63, 3.8) is 0 Å². The molecule has 0 aromatic heterocycles. The van der Waals surface area contributed by atoms with E-state index < -0.39 is 23.6 Å². The number of carbonyl (C=O) groups excluding carboxylic acids is 2. The topological polar surface area (TPSA) is 79.8 Å². The Balaban J connectivity index is 1.80. The second-order valence-corrected chi connectivity index (χ2v) is 6.72. The highest BCUT2D eigenvalue weighted by Crippen LogP contribution is 2.29. The fourth-order valence-corrected chi connectivity index (χ4v) is 2.61. The van der Waals surface area contributed by atoms with Crippen molar-refractivity contribution in [1.82, 2.24) is 5.43 Å². The zero-order valence-corrected chi connectivity index (χ0v) is 16.8. The van der Waals surface area contributed by atoms with Gasteiger partial charge in [-0.25, -0.2) is 5.43 Å². The summed E-state index contributed by atoms with van der Waals surface area (Å²) in [5.74, 6) is -0.419. The van der Waals surface area contributed by atoms with Crippen molar-refractivity contribution >= 4 is 39.6 Å². The third kappa shape index (κ3) is 7.22. The standard InChI is InChI=1S/C19H17BrF3N3O3/c1-29-16-7-4-14(20)10-12(16)11-24-26-18(28)9-8-17(27)25-15-5-2-13(3-6-15)19(21,22)23/h2-7,10-11H,8-9H2,1H3,(H,25,27)(H,26,28)/b24-11-. The summed E-state index contributed by atoms with van der Waals surface area (Å²) >= 11 is 3.32. The fraction of sp³-hybridized carbons (Fsp3) is 0.211. The van der Waals surface area contributed by atoms with Gasteiger partial charge >= 0.3 is 6.18 Å². The summed E-state index contributed by atoms with van der Waals surface area (Å²) in [6.07, 6.45) is -3.33. The smallest absolute Gasteiger partial charge is 0.416 e. The molecule has 10 heteroatoms. The SMILES string of the molecule is COc1ccc(Br)cc1/C=N\NC(=O)CCC(=O)Nc1ccc(C(F)(F)F)cc1. The second-order valence-electron chi connectivity index (χ2n) is 5.80. The summed E-state index contributed by atoms with van der Waals surface area (Å²) in [4.78, 5) is 23.6. The van der Waals surface area contributed by atoms with Gasteiger partial charge in [-0.2, -0.15) is 18.3 Å². The Morgan fingerprint density at radius 2 is 1.76 bits per heavy atom. The molecule has 2 amide bonds. The van der Waals surface area contributed by atoms with Crippen LogP contribution in [-0.4, -0.2) is 25.1 Å². The van der Waals surface area contributed by atoms with Crippen molar-refractivity contribution in [3.8, 4) is 5.75 Å². The van der Waals surface area contributed by atoms with Crippen LogP contribution in [-0.2, 0) is 15.8 Å². The second kappa shape index (κ2) is 10.1. The van der Waals surface area contributed by atoms with Crippen molar-refractivity contribution in [1.29, 1.82) is 0 Å². The number of benzene rings is 2. The molecule has 2 rings (SSSR count). The maximum Gasteiger partial charge on any atom is 0.416 e. The Hall–Kier alpha value is -2.88. The summed E-state index contributed by atoms with van der Waals surface area (Å²) in [5, 5.41) is 6.25. The first-order valence-electron chi connectivity index (χ1n) is 8.31.